The number of amides is 2. The lowest BCUT2D eigenvalue weighted by Gasteiger charge is -2.18. The van der Waals surface area contributed by atoms with E-state index in [0.717, 1.165) is 4.90 Å². The van der Waals surface area contributed by atoms with Gasteiger partial charge in [0.25, 0.3) is 11.6 Å². The number of imide groups is 1. The van der Waals surface area contributed by atoms with Crippen LogP contribution in [-0.4, -0.2) is 12.0 Å². The SMILES string of the molecule is O=C1NC(=O)C2(NSc3ccccc32)O1. The zero-order chi connectivity index (χ0) is 10.5. The fourth-order valence-electron chi connectivity index (χ4n) is 1.66. The van der Waals surface area contributed by atoms with Gasteiger partial charge in [0.1, 0.15) is 0 Å². The predicted octanol–water partition coefficient (Wildman–Crippen LogP) is 0.716. The summed E-state index contributed by atoms with van der Waals surface area (Å²) in [5.41, 5.74) is -0.656. The number of carbonyl (C=O) groups is 2. The number of carbonyl (C=O) groups excluding carboxylic acids is 2. The lowest BCUT2D eigenvalue weighted by molar-refractivity contribution is -0.132. The van der Waals surface area contributed by atoms with E-state index in [1.807, 2.05) is 12.1 Å². The molecule has 0 saturated carbocycles. The minimum absolute atomic E-state index is 0.468. The summed E-state index contributed by atoms with van der Waals surface area (Å²) in [6.45, 7) is 0. The Hall–Kier alpha value is -1.53. The molecule has 2 heterocycles. The van der Waals surface area contributed by atoms with E-state index in [4.69, 9.17) is 4.74 Å². The summed E-state index contributed by atoms with van der Waals surface area (Å²) in [4.78, 5) is 23.6. The molecule has 2 aliphatic heterocycles. The van der Waals surface area contributed by atoms with Crippen molar-refractivity contribution in [1.29, 1.82) is 0 Å². The van der Waals surface area contributed by atoms with Crippen LogP contribution >= 0.6 is 11.9 Å². The summed E-state index contributed by atoms with van der Waals surface area (Å²) in [5.74, 6) is -0.468. The van der Waals surface area contributed by atoms with E-state index in [1.165, 1.54) is 11.9 Å². The fourth-order valence-corrected chi connectivity index (χ4v) is 2.63. The summed E-state index contributed by atoms with van der Waals surface area (Å²) < 4.78 is 7.86. The van der Waals surface area contributed by atoms with Crippen molar-refractivity contribution in [1.82, 2.24) is 10.0 Å². The molecule has 2 aliphatic rings. The van der Waals surface area contributed by atoms with Crippen molar-refractivity contribution in [3.05, 3.63) is 29.8 Å². The van der Waals surface area contributed by atoms with E-state index < -0.39 is 17.7 Å². The van der Waals surface area contributed by atoms with Gasteiger partial charge in [-0.25, -0.2) is 9.52 Å². The molecule has 1 atom stereocenters. The molecule has 1 unspecified atom stereocenters. The van der Waals surface area contributed by atoms with Gasteiger partial charge in [0, 0.05) is 10.5 Å². The number of alkyl carbamates (subject to hydrolysis) is 1. The monoisotopic (exact) mass is 222 g/mol. The van der Waals surface area contributed by atoms with Crippen LogP contribution in [0.3, 0.4) is 0 Å². The lowest BCUT2D eigenvalue weighted by atomic mass is 10.0. The van der Waals surface area contributed by atoms with Crippen molar-refractivity contribution >= 4 is 23.9 Å². The highest BCUT2D eigenvalue weighted by Gasteiger charge is 2.55. The first kappa shape index (κ1) is 8.75. The number of ether oxygens (including phenoxy) is 1. The molecule has 0 bridgehead atoms. The van der Waals surface area contributed by atoms with E-state index in [1.54, 1.807) is 12.1 Å². The van der Waals surface area contributed by atoms with Gasteiger partial charge in [0.15, 0.2) is 0 Å². The molecular formula is C9H6N2O3S. The normalized spacial score (nSPS) is 27.7. The van der Waals surface area contributed by atoms with Crippen LogP contribution in [-0.2, 0) is 15.3 Å². The average molecular weight is 222 g/mol. The Labute approximate surface area is 89.3 Å². The summed E-state index contributed by atoms with van der Waals surface area (Å²) >= 11 is 1.28. The smallest absolute Gasteiger partial charge is 0.412 e. The predicted molar refractivity (Wildman–Crippen MR) is 51.7 cm³/mol. The van der Waals surface area contributed by atoms with Crippen LogP contribution in [0.25, 0.3) is 0 Å². The third-order valence-corrected chi connectivity index (χ3v) is 3.32. The van der Waals surface area contributed by atoms with Gasteiger partial charge < -0.3 is 4.74 Å². The van der Waals surface area contributed by atoms with Crippen LogP contribution in [0.2, 0.25) is 0 Å². The first-order valence-corrected chi connectivity index (χ1v) is 5.12. The Morgan fingerprint density at radius 1 is 1.27 bits per heavy atom. The third-order valence-electron chi connectivity index (χ3n) is 2.35. The molecule has 3 rings (SSSR count). The molecule has 1 aromatic rings. The van der Waals surface area contributed by atoms with Crippen LogP contribution in [0.15, 0.2) is 29.2 Å². The van der Waals surface area contributed by atoms with Crippen LogP contribution in [0.1, 0.15) is 5.56 Å². The second kappa shape index (κ2) is 2.74. The Balaban J connectivity index is 2.17. The minimum atomic E-state index is -1.33. The van der Waals surface area contributed by atoms with E-state index in [2.05, 4.69) is 10.0 Å². The minimum Gasteiger partial charge on any atom is -0.412 e. The standard InChI is InChI=1S/C9H6N2O3S/c12-7-9(14-8(13)10-7)5-3-1-2-4-6(5)15-11-9/h1-4,11H,(H,10,12,13). The number of fused-ring (bicyclic) bond motifs is 2. The van der Waals surface area contributed by atoms with E-state index >= 15 is 0 Å². The zero-order valence-corrected chi connectivity index (χ0v) is 8.26. The molecule has 0 aliphatic carbocycles. The Bertz CT molecular complexity index is 476. The molecule has 76 valence electrons. The molecular weight excluding hydrogens is 216 g/mol. The van der Waals surface area contributed by atoms with Crippen molar-refractivity contribution in [3.63, 3.8) is 0 Å². The molecule has 2 N–H and O–H groups in total. The lowest BCUT2D eigenvalue weighted by Crippen LogP contribution is -2.43. The van der Waals surface area contributed by atoms with Gasteiger partial charge in [-0.2, -0.15) is 0 Å². The second-order valence-corrected chi connectivity index (χ2v) is 4.07. The topological polar surface area (TPSA) is 67.4 Å². The van der Waals surface area contributed by atoms with Gasteiger partial charge in [-0.1, -0.05) is 18.2 Å². The van der Waals surface area contributed by atoms with Crippen LogP contribution < -0.4 is 10.0 Å². The van der Waals surface area contributed by atoms with Crippen LogP contribution in [0.4, 0.5) is 4.79 Å². The highest BCUT2D eigenvalue weighted by atomic mass is 32.2. The first-order valence-electron chi connectivity index (χ1n) is 4.30. The summed E-state index contributed by atoms with van der Waals surface area (Å²) in [6, 6.07) is 7.29. The van der Waals surface area contributed by atoms with E-state index in [0.29, 0.717) is 5.56 Å². The number of hydrogen-bond acceptors (Lipinski definition) is 5. The van der Waals surface area contributed by atoms with Gasteiger partial charge in [-0.15, -0.1) is 0 Å². The van der Waals surface area contributed by atoms with Crippen molar-refractivity contribution in [2.45, 2.75) is 10.6 Å². The molecule has 2 amide bonds. The largest absolute Gasteiger partial charge is 0.416 e. The molecule has 0 aromatic heterocycles. The van der Waals surface area contributed by atoms with E-state index in [-0.39, 0.29) is 0 Å². The van der Waals surface area contributed by atoms with Gasteiger partial charge in [0.2, 0.25) is 0 Å². The molecule has 15 heavy (non-hydrogen) atoms. The summed E-state index contributed by atoms with van der Waals surface area (Å²) in [6.07, 6.45) is -0.718. The van der Waals surface area contributed by atoms with Crippen molar-refractivity contribution in [3.8, 4) is 0 Å². The summed E-state index contributed by atoms with van der Waals surface area (Å²) in [5, 5.41) is 2.11. The number of benzene rings is 1. The van der Waals surface area contributed by atoms with Crippen LogP contribution in [0.5, 0.6) is 0 Å². The van der Waals surface area contributed by atoms with Crippen molar-refractivity contribution in [2.75, 3.05) is 0 Å². The van der Waals surface area contributed by atoms with E-state index in [9.17, 15) is 9.59 Å². The molecule has 1 aromatic carbocycles. The zero-order valence-electron chi connectivity index (χ0n) is 7.44. The Morgan fingerprint density at radius 3 is 2.80 bits per heavy atom. The molecule has 1 saturated heterocycles. The van der Waals surface area contributed by atoms with Gasteiger partial charge >= 0.3 is 6.09 Å². The number of rotatable bonds is 0. The average Bonchev–Trinajstić information content (AvgIpc) is 2.72. The Morgan fingerprint density at radius 2 is 2.07 bits per heavy atom. The van der Waals surface area contributed by atoms with Crippen molar-refractivity contribution < 1.29 is 14.3 Å². The van der Waals surface area contributed by atoms with Crippen molar-refractivity contribution in [2.24, 2.45) is 0 Å². The molecule has 6 heteroatoms. The maximum absolute atomic E-state index is 11.6. The number of nitrogens with one attached hydrogen (secondary N) is 2. The third kappa shape index (κ3) is 1.03. The first-order chi connectivity index (χ1) is 7.22. The maximum Gasteiger partial charge on any atom is 0.416 e. The van der Waals surface area contributed by atoms with Gasteiger partial charge in [-0.3, -0.25) is 10.1 Å². The molecule has 1 spiro atoms. The maximum atomic E-state index is 11.6. The second-order valence-electron chi connectivity index (χ2n) is 3.23. The van der Waals surface area contributed by atoms with Gasteiger partial charge in [-0.05, 0) is 18.0 Å². The highest BCUT2D eigenvalue weighted by molar-refractivity contribution is 7.97. The summed E-state index contributed by atoms with van der Waals surface area (Å²) in [7, 11) is 0. The molecule has 1 fully saturated rings. The highest BCUT2D eigenvalue weighted by Crippen LogP contribution is 2.42. The van der Waals surface area contributed by atoms with Crippen LogP contribution in [0, 0.1) is 0 Å². The fraction of sp³-hybridized carbons (Fsp3) is 0.111. The molecule has 0 radical (unpaired) electrons. The quantitative estimate of drug-likeness (QED) is 0.633. The number of hydrogen-bond donors (Lipinski definition) is 2. The molecule has 5 nitrogen and oxygen atoms in total. The Kier molecular flexibility index (Phi) is 1.60. The van der Waals surface area contributed by atoms with Gasteiger partial charge in [0.05, 0.1) is 0 Å².